The topological polar surface area (TPSA) is 88.0 Å². The molecule has 36 heavy (non-hydrogen) atoms. The number of nitrogens with one attached hydrogen (secondary N) is 2. The van der Waals surface area contributed by atoms with Gasteiger partial charge < -0.3 is 10.6 Å². The number of hydrogen-bond acceptors (Lipinski definition) is 6. The van der Waals surface area contributed by atoms with Gasteiger partial charge in [0.1, 0.15) is 5.82 Å². The van der Waals surface area contributed by atoms with Crippen LogP contribution in [0, 0.1) is 6.92 Å². The maximum atomic E-state index is 13.4. The summed E-state index contributed by atoms with van der Waals surface area (Å²) in [5, 5.41) is 14.6. The molecule has 1 amide bonds. The lowest BCUT2D eigenvalue weighted by Gasteiger charge is -2.27. The Kier molecular flexibility index (Phi) is 6.42. The van der Waals surface area contributed by atoms with E-state index in [1.807, 2.05) is 18.2 Å². The van der Waals surface area contributed by atoms with E-state index in [1.54, 1.807) is 6.07 Å². The second-order valence-electron chi connectivity index (χ2n) is 8.65. The number of aromatic nitrogens is 4. The predicted octanol–water partition coefficient (Wildman–Crippen LogP) is 3.80. The summed E-state index contributed by atoms with van der Waals surface area (Å²) in [4.78, 5) is 19.8. The third-order valence-corrected chi connectivity index (χ3v) is 6.16. The van der Waals surface area contributed by atoms with Crippen molar-refractivity contribution >= 4 is 22.6 Å². The smallest absolute Gasteiger partial charge is 0.314 e. The van der Waals surface area contributed by atoms with Gasteiger partial charge in [-0.05, 0) is 48.9 Å². The van der Waals surface area contributed by atoms with Crippen molar-refractivity contribution in [2.45, 2.75) is 19.6 Å². The standard InChI is InChI=1S/C25H24F3N7O/c1-16-23(32-33-35(16)21-5-3-2-4-19(21)25(26,27)28)24(36)31-22-9-7-18-14-17(6-8-20(18)30-22)15-34-12-10-29-11-13-34/h2-9,14,29H,10-13,15H2,1H3,(H,30,31,36). The SMILES string of the molecule is Cc1c(C(=O)Nc2ccc3cc(CN4CCNCC4)ccc3n2)nnn1-c1ccccc1C(F)(F)F. The summed E-state index contributed by atoms with van der Waals surface area (Å²) >= 11 is 0. The van der Waals surface area contributed by atoms with Crippen LogP contribution in [0.3, 0.4) is 0 Å². The molecule has 11 heteroatoms. The van der Waals surface area contributed by atoms with Gasteiger partial charge in [-0.25, -0.2) is 9.67 Å². The highest BCUT2D eigenvalue weighted by molar-refractivity contribution is 6.03. The maximum Gasteiger partial charge on any atom is 0.418 e. The summed E-state index contributed by atoms with van der Waals surface area (Å²) in [5.74, 6) is -0.294. The first-order chi connectivity index (χ1) is 17.3. The molecule has 2 N–H and O–H groups in total. The number of pyridine rings is 1. The number of anilines is 1. The summed E-state index contributed by atoms with van der Waals surface area (Å²) in [6.45, 7) is 6.35. The van der Waals surface area contributed by atoms with Crippen molar-refractivity contribution in [3.05, 3.63) is 77.1 Å². The number of carbonyl (C=O) groups is 1. The molecule has 4 aromatic rings. The third-order valence-electron chi connectivity index (χ3n) is 6.16. The Hall–Kier alpha value is -3.83. The Balaban J connectivity index is 1.34. The molecule has 3 heterocycles. The number of piperazine rings is 1. The van der Waals surface area contributed by atoms with E-state index in [9.17, 15) is 18.0 Å². The molecule has 0 bridgehead atoms. The van der Waals surface area contributed by atoms with Crippen LogP contribution in [0.15, 0.2) is 54.6 Å². The van der Waals surface area contributed by atoms with Crippen LogP contribution in [0.4, 0.5) is 19.0 Å². The summed E-state index contributed by atoms with van der Waals surface area (Å²) in [6, 6.07) is 14.6. The van der Waals surface area contributed by atoms with Crippen molar-refractivity contribution in [3.63, 3.8) is 0 Å². The molecule has 1 fully saturated rings. The lowest BCUT2D eigenvalue weighted by Crippen LogP contribution is -2.42. The first kappa shape index (κ1) is 23.9. The molecule has 1 aliphatic heterocycles. The van der Waals surface area contributed by atoms with Crippen LogP contribution in [-0.2, 0) is 12.7 Å². The van der Waals surface area contributed by atoms with Gasteiger partial charge in [0.2, 0.25) is 0 Å². The number of benzene rings is 2. The number of fused-ring (bicyclic) bond motifs is 1. The summed E-state index contributed by atoms with van der Waals surface area (Å²) in [5.41, 5.74) is 0.945. The number of amides is 1. The minimum Gasteiger partial charge on any atom is -0.314 e. The predicted molar refractivity (Wildman–Crippen MR) is 129 cm³/mol. The Morgan fingerprint density at radius 1 is 1.08 bits per heavy atom. The van der Waals surface area contributed by atoms with E-state index >= 15 is 0 Å². The average molecular weight is 496 g/mol. The molecule has 1 saturated heterocycles. The minimum absolute atomic E-state index is 0.0831. The number of para-hydroxylation sites is 1. The van der Waals surface area contributed by atoms with Crippen LogP contribution in [0.5, 0.6) is 0 Å². The number of nitrogens with zero attached hydrogens (tertiary/aromatic N) is 5. The highest BCUT2D eigenvalue weighted by Crippen LogP contribution is 2.34. The Bertz CT molecular complexity index is 1410. The Morgan fingerprint density at radius 2 is 1.86 bits per heavy atom. The van der Waals surface area contributed by atoms with Gasteiger partial charge in [0.15, 0.2) is 5.69 Å². The lowest BCUT2D eigenvalue weighted by molar-refractivity contribution is -0.137. The van der Waals surface area contributed by atoms with Gasteiger partial charge in [0.05, 0.1) is 22.5 Å². The van der Waals surface area contributed by atoms with Gasteiger partial charge in [-0.2, -0.15) is 13.2 Å². The van der Waals surface area contributed by atoms with E-state index in [1.165, 1.54) is 30.7 Å². The molecule has 5 rings (SSSR count). The zero-order chi connectivity index (χ0) is 25.3. The first-order valence-corrected chi connectivity index (χ1v) is 11.5. The fourth-order valence-corrected chi connectivity index (χ4v) is 4.31. The van der Waals surface area contributed by atoms with E-state index in [4.69, 9.17) is 0 Å². The Labute approximate surface area is 205 Å². The van der Waals surface area contributed by atoms with Gasteiger partial charge in [0, 0.05) is 38.1 Å². The average Bonchev–Trinajstić information content (AvgIpc) is 3.25. The normalized spacial score (nSPS) is 14.8. The van der Waals surface area contributed by atoms with Crippen LogP contribution in [0.2, 0.25) is 0 Å². The molecule has 0 saturated carbocycles. The molecule has 1 aliphatic rings. The van der Waals surface area contributed by atoms with Crippen LogP contribution in [0.1, 0.15) is 27.3 Å². The number of alkyl halides is 3. The van der Waals surface area contributed by atoms with Gasteiger partial charge in [-0.1, -0.05) is 23.4 Å². The third kappa shape index (κ3) is 4.93. The Morgan fingerprint density at radius 3 is 2.64 bits per heavy atom. The zero-order valence-electron chi connectivity index (χ0n) is 19.5. The fraction of sp³-hybridized carbons (Fsp3) is 0.280. The molecule has 0 atom stereocenters. The minimum atomic E-state index is -4.57. The van der Waals surface area contributed by atoms with Crippen molar-refractivity contribution in [1.29, 1.82) is 0 Å². The number of carbonyl (C=O) groups excluding carboxylic acids is 1. The van der Waals surface area contributed by atoms with E-state index < -0.39 is 17.6 Å². The molecular formula is C25H24F3N7O. The molecule has 186 valence electrons. The molecule has 2 aromatic heterocycles. The molecular weight excluding hydrogens is 471 g/mol. The van der Waals surface area contributed by atoms with E-state index in [0.29, 0.717) is 5.82 Å². The van der Waals surface area contributed by atoms with Gasteiger partial charge in [0.25, 0.3) is 5.91 Å². The summed E-state index contributed by atoms with van der Waals surface area (Å²) in [7, 11) is 0. The molecule has 2 aromatic carbocycles. The van der Waals surface area contributed by atoms with Gasteiger partial charge in [-0.3, -0.25) is 9.69 Å². The van der Waals surface area contributed by atoms with Gasteiger partial charge >= 0.3 is 6.18 Å². The molecule has 0 radical (unpaired) electrons. The van der Waals surface area contributed by atoms with E-state index in [0.717, 1.165) is 54.4 Å². The van der Waals surface area contributed by atoms with Crippen molar-refractivity contribution < 1.29 is 18.0 Å². The first-order valence-electron chi connectivity index (χ1n) is 11.5. The van der Waals surface area contributed by atoms with Crippen LogP contribution < -0.4 is 10.6 Å². The van der Waals surface area contributed by atoms with Crippen LogP contribution >= 0.6 is 0 Å². The number of rotatable bonds is 5. The summed E-state index contributed by atoms with van der Waals surface area (Å²) < 4.78 is 41.3. The van der Waals surface area contributed by atoms with Gasteiger partial charge in [-0.15, -0.1) is 5.10 Å². The van der Waals surface area contributed by atoms with E-state index in [-0.39, 0.29) is 17.1 Å². The number of hydrogen-bond donors (Lipinski definition) is 2. The largest absolute Gasteiger partial charge is 0.418 e. The molecule has 0 unspecified atom stereocenters. The van der Waals surface area contributed by atoms with Crippen molar-refractivity contribution in [3.8, 4) is 5.69 Å². The van der Waals surface area contributed by atoms with Crippen molar-refractivity contribution in [2.24, 2.45) is 0 Å². The highest BCUT2D eigenvalue weighted by atomic mass is 19.4. The van der Waals surface area contributed by atoms with Crippen molar-refractivity contribution in [1.82, 2.24) is 30.2 Å². The second kappa shape index (κ2) is 9.67. The highest BCUT2D eigenvalue weighted by Gasteiger charge is 2.34. The fourth-order valence-electron chi connectivity index (χ4n) is 4.31. The number of halogens is 3. The van der Waals surface area contributed by atoms with E-state index in [2.05, 4.69) is 36.9 Å². The molecule has 0 spiro atoms. The maximum absolute atomic E-state index is 13.4. The monoisotopic (exact) mass is 495 g/mol. The quantitative estimate of drug-likeness (QED) is 0.438. The summed E-state index contributed by atoms with van der Waals surface area (Å²) in [6.07, 6.45) is -4.57. The van der Waals surface area contributed by atoms with Crippen LogP contribution in [0.25, 0.3) is 16.6 Å². The lowest BCUT2D eigenvalue weighted by atomic mass is 10.1. The zero-order valence-corrected chi connectivity index (χ0v) is 19.5. The van der Waals surface area contributed by atoms with Crippen LogP contribution in [-0.4, -0.2) is 57.0 Å². The van der Waals surface area contributed by atoms with Crippen molar-refractivity contribution in [2.75, 3.05) is 31.5 Å². The second-order valence-corrected chi connectivity index (χ2v) is 8.65. The molecule has 8 nitrogen and oxygen atoms in total. The molecule has 0 aliphatic carbocycles.